The highest BCUT2D eigenvalue weighted by molar-refractivity contribution is 7.09. The van der Waals surface area contributed by atoms with Crippen LogP contribution in [0.4, 0.5) is 13.2 Å². The van der Waals surface area contributed by atoms with Crippen molar-refractivity contribution in [2.24, 2.45) is 0 Å². The van der Waals surface area contributed by atoms with Gasteiger partial charge in [0.05, 0.1) is 11.7 Å². The first-order valence-corrected chi connectivity index (χ1v) is 9.89. The molecule has 11 heteroatoms. The average Bonchev–Trinajstić information content (AvgIpc) is 3.11. The largest absolute Gasteiger partial charge is 0.490 e. The van der Waals surface area contributed by atoms with Gasteiger partial charge in [0.2, 0.25) is 5.91 Å². The standard InChI is InChI=1S/C16H24N2O3S.C2HF3O2/c1-17(2)15(19)10-20-13-5-6-21-16(8-13)11-18(12-16)9-14-4-3-7-22-14;3-2(4,5)1(6)7/h3-4,7,13H,5-6,8-12H2,1-2H3;(H,6,7). The SMILES string of the molecule is CN(C)C(=O)COC1CCOC2(C1)CN(Cc1cccs1)C2.O=C(O)C(F)(F)F. The average molecular weight is 438 g/mol. The van der Waals surface area contributed by atoms with Crippen molar-refractivity contribution in [2.45, 2.75) is 37.3 Å². The number of ether oxygens (including phenoxy) is 2. The van der Waals surface area contributed by atoms with Gasteiger partial charge >= 0.3 is 12.1 Å². The predicted molar refractivity (Wildman–Crippen MR) is 99.6 cm³/mol. The van der Waals surface area contributed by atoms with Gasteiger partial charge in [0, 0.05) is 51.6 Å². The molecule has 7 nitrogen and oxygen atoms in total. The lowest BCUT2D eigenvalue weighted by molar-refractivity contribution is -0.199. The molecule has 0 aromatic carbocycles. The van der Waals surface area contributed by atoms with Crippen LogP contribution in [0.1, 0.15) is 17.7 Å². The van der Waals surface area contributed by atoms with Gasteiger partial charge in [-0.05, 0) is 17.9 Å². The molecule has 2 fully saturated rings. The summed E-state index contributed by atoms with van der Waals surface area (Å²) in [4.78, 5) is 25.9. The number of thiophene rings is 1. The number of carboxylic acid groups (broad SMARTS) is 1. The molecular weight excluding hydrogens is 413 g/mol. The van der Waals surface area contributed by atoms with Gasteiger partial charge in [-0.1, -0.05) is 6.07 Å². The Morgan fingerprint density at radius 3 is 2.59 bits per heavy atom. The number of nitrogens with zero attached hydrogens (tertiary/aromatic N) is 2. The molecule has 3 rings (SSSR count). The molecule has 0 aliphatic carbocycles. The molecule has 1 atom stereocenters. The van der Waals surface area contributed by atoms with E-state index in [1.807, 2.05) is 0 Å². The highest BCUT2D eigenvalue weighted by atomic mass is 32.1. The van der Waals surface area contributed by atoms with E-state index in [4.69, 9.17) is 19.4 Å². The van der Waals surface area contributed by atoms with Gasteiger partial charge in [0.25, 0.3) is 0 Å². The van der Waals surface area contributed by atoms with Crippen LogP contribution < -0.4 is 0 Å². The zero-order valence-electron chi connectivity index (χ0n) is 16.3. The fraction of sp³-hybridized carbons (Fsp3) is 0.667. The number of rotatable bonds is 5. The Hall–Kier alpha value is -1.69. The summed E-state index contributed by atoms with van der Waals surface area (Å²) < 4.78 is 43.5. The van der Waals surface area contributed by atoms with Crippen LogP contribution in [0, 0.1) is 0 Å². The monoisotopic (exact) mass is 438 g/mol. The van der Waals surface area contributed by atoms with Gasteiger partial charge in [-0.3, -0.25) is 9.69 Å². The zero-order chi connectivity index (χ0) is 21.7. The third-order valence-corrected chi connectivity index (χ3v) is 5.48. The second kappa shape index (κ2) is 9.88. The molecule has 3 heterocycles. The van der Waals surface area contributed by atoms with E-state index >= 15 is 0 Å². The summed E-state index contributed by atoms with van der Waals surface area (Å²) in [6.45, 7) is 3.84. The molecule has 1 unspecified atom stereocenters. The van der Waals surface area contributed by atoms with E-state index in [2.05, 4.69) is 22.4 Å². The molecule has 1 N–H and O–H groups in total. The van der Waals surface area contributed by atoms with Crippen molar-refractivity contribution >= 4 is 23.2 Å². The lowest BCUT2D eigenvalue weighted by Crippen LogP contribution is -2.65. The molecule has 2 aliphatic rings. The topological polar surface area (TPSA) is 79.3 Å². The van der Waals surface area contributed by atoms with Crippen molar-refractivity contribution in [2.75, 3.05) is 40.4 Å². The molecule has 1 aromatic rings. The minimum absolute atomic E-state index is 0.0217. The first-order valence-electron chi connectivity index (χ1n) is 9.01. The van der Waals surface area contributed by atoms with E-state index in [0.29, 0.717) is 0 Å². The predicted octanol–water partition coefficient (Wildman–Crippen LogP) is 2.22. The smallest absolute Gasteiger partial charge is 0.475 e. The van der Waals surface area contributed by atoms with Gasteiger partial charge in [-0.25, -0.2) is 4.79 Å². The Labute approximate surface area is 171 Å². The molecule has 0 saturated carbocycles. The van der Waals surface area contributed by atoms with E-state index in [9.17, 15) is 18.0 Å². The van der Waals surface area contributed by atoms with Gasteiger partial charge < -0.3 is 19.5 Å². The molecule has 0 bridgehead atoms. The molecule has 164 valence electrons. The Morgan fingerprint density at radius 1 is 1.41 bits per heavy atom. The summed E-state index contributed by atoms with van der Waals surface area (Å²) in [5.74, 6) is -2.74. The molecule has 29 heavy (non-hydrogen) atoms. The zero-order valence-corrected chi connectivity index (χ0v) is 17.1. The maximum Gasteiger partial charge on any atom is 0.490 e. The van der Waals surface area contributed by atoms with Crippen LogP contribution in [0.15, 0.2) is 17.5 Å². The van der Waals surface area contributed by atoms with Crippen molar-refractivity contribution in [3.63, 3.8) is 0 Å². The molecule has 0 radical (unpaired) electrons. The van der Waals surface area contributed by atoms with Crippen molar-refractivity contribution in [3.05, 3.63) is 22.4 Å². The molecule has 2 aliphatic heterocycles. The second-order valence-corrected chi connectivity index (χ2v) is 8.31. The minimum Gasteiger partial charge on any atom is -0.475 e. The number of alkyl halides is 3. The molecule has 1 amide bonds. The van der Waals surface area contributed by atoms with Gasteiger partial charge in [0.1, 0.15) is 6.61 Å². The summed E-state index contributed by atoms with van der Waals surface area (Å²) >= 11 is 1.80. The Bertz CT molecular complexity index is 676. The van der Waals surface area contributed by atoms with Crippen LogP contribution in [0.25, 0.3) is 0 Å². The number of halogens is 3. The highest BCUT2D eigenvalue weighted by Crippen LogP contribution is 2.36. The number of hydrogen-bond acceptors (Lipinski definition) is 6. The lowest BCUT2D eigenvalue weighted by atomic mass is 9.84. The Morgan fingerprint density at radius 2 is 2.07 bits per heavy atom. The maximum absolute atomic E-state index is 11.6. The summed E-state index contributed by atoms with van der Waals surface area (Å²) in [6.07, 6.45) is -3.16. The lowest BCUT2D eigenvalue weighted by Gasteiger charge is -2.53. The van der Waals surface area contributed by atoms with E-state index in [1.54, 1.807) is 30.3 Å². The fourth-order valence-electron chi connectivity index (χ4n) is 3.17. The number of amides is 1. The van der Waals surface area contributed by atoms with E-state index in [-0.39, 0.29) is 24.2 Å². The number of hydrogen-bond donors (Lipinski definition) is 1. The van der Waals surface area contributed by atoms with Gasteiger partial charge in [-0.2, -0.15) is 13.2 Å². The Kier molecular flexibility index (Phi) is 8.03. The summed E-state index contributed by atoms with van der Waals surface area (Å²) in [5, 5.41) is 9.24. The maximum atomic E-state index is 11.6. The van der Waals surface area contributed by atoms with E-state index in [1.165, 1.54) is 4.88 Å². The first-order chi connectivity index (χ1) is 13.5. The van der Waals surface area contributed by atoms with Crippen molar-refractivity contribution in [1.29, 1.82) is 0 Å². The highest BCUT2D eigenvalue weighted by Gasteiger charge is 2.47. The number of likely N-dealkylation sites (tertiary alicyclic amines) is 1. The number of likely N-dealkylation sites (N-methyl/N-ethyl adjacent to an activating group) is 1. The molecular formula is C18H25F3N2O5S. The molecule has 1 spiro atoms. The summed E-state index contributed by atoms with van der Waals surface area (Å²) in [7, 11) is 3.51. The van der Waals surface area contributed by atoms with Crippen LogP contribution in [0.2, 0.25) is 0 Å². The van der Waals surface area contributed by atoms with Crippen molar-refractivity contribution in [1.82, 2.24) is 9.80 Å². The minimum atomic E-state index is -5.08. The quantitative estimate of drug-likeness (QED) is 0.760. The van der Waals surface area contributed by atoms with Crippen LogP contribution in [0.3, 0.4) is 0 Å². The third kappa shape index (κ3) is 7.25. The van der Waals surface area contributed by atoms with Gasteiger partial charge in [-0.15, -0.1) is 11.3 Å². The number of carbonyl (C=O) groups excluding carboxylic acids is 1. The Balaban J connectivity index is 0.000000370. The van der Waals surface area contributed by atoms with Gasteiger partial charge in [0.15, 0.2) is 0 Å². The van der Waals surface area contributed by atoms with Crippen molar-refractivity contribution in [3.8, 4) is 0 Å². The number of carboxylic acids is 1. The van der Waals surface area contributed by atoms with Crippen molar-refractivity contribution < 1.29 is 37.3 Å². The van der Waals surface area contributed by atoms with E-state index in [0.717, 1.165) is 39.1 Å². The van der Waals surface area contributed by atoms with Crippen LogP contribution in [-0.2, 0) is 25.6 Å². The molecule has 2 saturated heterocycles. The van der Waals surface area contributed by atoms with Crippen LogP contribution in [-0.4, -0.2) is 85.1 Å². The first kappa shape index (κ1) is 23.6. The van der Waals surface area contributed by atoms with Crippen LogP contribution in [0.5, 0.6) is 0 Å². The number of aliphatic carboxylic acids is 1. The summed E-state index contributed by atoms with van der Waals surface area (Å²) in [6, 6.07) is 4.27. The number of carbonyl (C=O) groups is 2. The fourth-order valence-corrected chi connectivity index (χ4v) is 3.91. The second-order valence-electron chi connectivity index (χ2n) is 7.27. The third-order valence-electron chi connectivity index (χ3n) is 4.61. The molecule has 1 aromatic heterocycles. The van der Waals surface area contributed by atoms with E-state index < -0.39 is 12.1 Å². The van der Waals surface area contributed by atoms with Crippen LogP contribution >= 0.6 is 11.3 Å². The summed E-state index contributed by atoms with van der Waals surface area (Å²) in [5.41, 5.74) is -0.0542. The normalized spacial score (nSPS) is 21.1.